The van der Waals surface area contributed by atoms with Crippen LogP contribution in [0.4, 0.5) is 0 Å². The van der Waals surface area contributed by atoms with Crippen LogP contribution < -0.4 is 10.6 Å². The van der Waals surface area contributed by atoms with Gasteiger partial charge >= 0.3 is 0 Å². The van der Waals surface area contributed by atoms with Crippen molar-refractivity contribution < 1.29 is 33.7 Å². The molecule has 12 heteroatoms. The van der Waals surface area contributed by atoms with Crippen molar-refractivity contribution in [3.8, 4) is 22.8 Å². The van der Waals surface area contributed by atoms with Gasteiger partial charge in [0, 0.05) is 19.5 Å². The molecule has 2 aromatic rings. The molecule has 43 heavy (non-hydrogen) atoms. The van der Waals surface area contributed by atoms with Gasteiger partial charge in [-0.1, -0.05) is 51.0 Å². The fourth-order valence-electron chi connectivity index (χ4n) is 4.62. The van der Waals surface area contributed by atoms with Crippen molar-refractivity contribution in [3.63, 3.8) is 0 Å². The number of hydrogen-bond acceptors (Lipinski definition) is 9. The van der Waals surface area contributed by atoms with E-state index in [4.69, 9.17) is 20.6 Å². The van der Waals surface area contributed by atoms with E-state index >= 15 is 0 Å². The molecule has 3 rings (SSSR count). The molecule has 0 spiro atoms. The van der Waals surface area contributed by atoms with E-state index in [0.29, 0.717) is 13.2 Å². The summed E-state index contributed by atoms with van der Waals surface area (Å²) < 4.78 is 15.8. The van der Waals surface area contributed by atoms with Crippen LogP contribution >= 0.6 is 11.3 Å². The molecule has 234 valence electrons. The number of aromatic nitrogens is 1. The fourth-order valence-corrected chi connectivity index (χ4v) is 5.43. The van der Waals surface area contributed by atoms with Crippen LogP contribution in [0.2, 0.25) is 0 Å². The molecule has 3 amide bonds. The second-order valence-corrected chi connectivity index (χ2v) is 12.2. The second kappa shape index (κ2) is 16.5. The SMILES string of the molecule is C#CCOCCOCCOCC(=O)N[C@H](C(=O)N1C[C@H](O)C[C@H]1C(=O)NCc1ccc(-c2scnc2C)cc1)C(C)(C)C. The summed E-state index contributed by atoms with van der Waals surface area (Å²) in [6.45, 7) is 8.85. The number of nitrogens with zero attached hydrogens (tertiary/aromatic N) is 2. The van der Waals surface area contributed by atoms with E-state index in [0.717, 1.165) is 21.7 Å². The molecule has 1 aliphatic heterocycles. The predicted molar refractivity (Wildman–Crippen MR) is 163 cm³/mol. The van der Waals surface area contributed by atoms with Crippen molar-refractivity contribution in [2.24, 2.45) is 5.41 Å². The number of rotatable bonds is 15. The zero-order valence-corrected chi connectivity index (χ0v) is 26.1. The largest absolute Gasteiger partial charge is 0.391 e. The van der Waals surface area contributed by atoms with Gasteiger partial charge in [0.1, 0.15) is 25.3 Å². The van der Waals surface area contributed by atoms with Gasteiger partial charge in [-0.15, -0.1) is 17.8 Å². The Kier molecular flexibility index (Phi) is 13.1. The van der Waals surface area contributed by atoms with Gasteiger partial charge in [0.15, 0.2) is 0 Å². The van der Waals surface area contributed by atoms with E-state index in [1.807, 2.05) is 57.5 Å². The number of carbonyl (C=O) groups excluding carboxylic acids is 3. The first kappa shape index (κ1) is 34.2. The molecule has 3 atom stereocenters. The minimum Gasteiger partial charge on any atom is -0.391 e. The number of β-amino-alcohol motifs (C(OH)–C–C–N with tert-alkyl or cyclic N) is 1. The number of amides is 3. The number of aliphatic hydroxyl groups is 1. The van der Waals surface area contributed by atoms with E-state index < -0.39 is 35.4 Å². The molecular weight excluding hydrogens is 572 g/mol. The topological polar surface area (TPSA) is 139 Å². The molecular formula is C31H42N4O7S. The van der Waals surface area contributed by atoms with Crippen LogP contribution in [0.25, 0.3) is 10.4 Å². The van der Waals surface area contributed by atoms with Crippen molar-refractivity contribution in [1.82, 2.24) is 20.5 Å². The summed E-state index contributed by atoms with van der Waals surface area (Å²) in [4.78, 5) is 46.3. The van der Waals surface area contributed by atoms with Crippen LogP contribution in [0, 0.1) is 24.7 Å². The first-order valence-electron chi connectivity index (χ1n) is 14.2. The number of aliphatic hydroxyl groups excluding tert-OH is 1. The Morgan fingerprint density at radius 1 is 1.14 bits per heavy atom. The van der Waals surface area contributed by atoms with Gasteiger partial charge in [0.05, 0.1) is 48.6 Å². The van der Waals surface area contributed by atoms with Crippen LogP contribution in [0.1, 0.15) is 38.4 Å². The number of likely N-dealkylation sites (tertiary alicyclic amines) is 1. The lowest BCUT2D eigenvalue weighted by Gasteiger charge is -2.35. The summed E-state index contributed by atoms with van der Waals surface area (Å²) >= 11 is 1.57. The molecule has 1 fully saturated rings. The summed E-state index contributed by atoms with van der Waals surface area (Å²) in [5, 5.41) is 16.1. The molecule has 0 radical (unpaired) electrons. The second-order valence-electron chi connectivity index (χ2n) is 11.4. The first-order chi connectivity index (χ1) is 20.5. The van der Waals surface area contributed by atoms with E-state index in [1.54, 1.807) is 11.3 Å². The number of carbonyl (C=O) groups is 3. The van der Waals surface area contributed by atoms with E-state index in [9.17, 15) is 19.5 Å². The lowest BCUT2D eigenvalue weighted by molar-refractivity contribution is -0.144. The molecule has 0 saturated carbocycles. The summed E-state index contributed by atoms with van der Waals surface area (Å²) in [6.07, 6.45) is 4.37. The van der Waals surface area contributed by atoms with Gasteiger partial charge in [-0.3, -0.25) is 14.4 Å². The highest BCUT2D eigenvalue weighted by Gasteiger charge is 2.44. The number of thiazole rings is 1. The highest BCUT2D eigenvalue weighted by molar-refractivity contribution is 7.13. The lowest BCUT2D eigenvalue weighted by Crippen LogP contribution is -2.58. The number of terminal acetylenes is 1. The van der Waals surface area contributed by atoms with Gasteiger partial charge in [-0.05, 0) is 23.5 Å². The minimum atomic E-state index is -0.934. The molecule has 1 aliphatic rings. The number of aryl methyl sites for hydroxylation is 1. The third-order valence-electron chi connectivity index (χ3n) is 6.87. The van der Waals surface area contributed by atoms with Crippen molar-refractivity contribution >= 4 is 29.1 Å². The van der Waals surface area contributed by atoms with Crippen LogP contribution in [-0.2, 0) is 35.1 Å². The molecule has 11 nitrogen and oxygen atoms in total. The van der Waals surface area contributed by atoms with Crippen molar-refractivity contribution in [3.05, 3.63) is 41.0 Å². The van der Waals surface area contributed by atoms with Crippen LogP contribution in [0.5, 0.6) is 0 Å². The molecule has 3 N–H and O–H groups in total. The highest BCUT2D eigenvalue weighted by Crippen LogP contribution is 2.28. The number of hydrogen-bond donors (Lipinski definition) is 3. The Hall–Kier alpha value is -3.34. The monoisotopic (exact) mass is 614 g/mol. The van der Waals surface area contributed by atoms with Crippen molar-refractivity contribution in [2.45, 2.75) is 58.8 Å². The molecule has 0 aliphatic carbocycles. The van der Waals surface area contributed by atoms with E-state index in [-0.39, 0.29) is 51.8 Å². The first-order valence-corrected chi connectivity index (χ1v) is 15.1. The number of ether oxygens (including phenoxy) is 3. The Morgan fingerprint density at radius 3 is 2.44 bits per heavy atom. The Bertz CT molecular complexity index is 1250. The van der Waals surface area contributed by atoms with Crippen molar-refractivity contribution in [2.75, 3.05) is 46.2 Å². The normalized spacial score (nSPS) is 17.3. The third-order valence-corrected chi connectivity index (χ3v) is 7.85. The number of benzene rings is 1. The van der Waals surface area contributed by atoms with Gasteiger partial charge in [0.25, 0.3) is 0 Å². The van der Waals surface area contributed by atoms with Crippen LogP contribution in [-0.4, -0.2) is 97.1 Å². The quantitative estimate of drug-likeness (QED) is 0.204. The average Bonchev–Trinajstić information content (AvgIpc) is 3.58. The number of nitrogens with one attached hydrogen (secondary N) is 2. The maximum Gasteiger partial charge on any atom is 0.246 e. The van der Waals surface area contributed by atoms with Gasteiger partial charge in [-0.2, -0.15) is 0 Å². The van der Waals surface area contributed by atoms with Crippen LogP contribution in [0.3, 0.4) is 0 Å². The molecule has 0 bridgehead atoms. The molecule has 1 aromatic carbocycles. The standard InChI is InChI=1S/C31H42N4O7S/c1-6-11-40-12-13-41-14-15-42-19-26(37)34-28(31(3,4)5)30(39)35-18-24(36)16-25(35)29(38)32-17-22-7-9-23(10-8-22)27-21(2)33-20-43-27/h1,7-10,20,24-25,28,36H,11-19H2,2-5H3,(H,32,38)(H,34,37)/t24-,25+,28-/m1/s1. The molecule has 2 heterocycles. The van der Waals surface area contributed by atoms with E-state index in [2.05, 4.69) is 21.5 Å². The fraction of sp³-hybridized carbons (Fsp3) is 0.548. The predicted octanol–water partition coefficient (Wildman–Crippen LogP) is 1.91. The maximum absolute atomic E-state index is 13.7. The smallest absolute Gasteiger partial charge is 0.246 e. The third kappa shape index (κ3) is 10.4. The minimum absolute atomic E-state index is 0.00115. The average molecular weight is 615 g/mol. The Morgan fingerprint density at radius 2 is 1.81 bits per heavy atom. The van der Waals surface area contributed by atoms with Gasteiger partial charge in [0.2, 0.25) is 17.7 Å². The molecule has 0 unspecified atom stereocenters. The lowest BCUT2D eigenvalue weighted by atomic mass is 9.85. The highest BCUT2D eigenvalue weighted by atomic mass is 32.1. The van der Waals surface area contributed by atoms with Gasteiger partial charge < -0.3 is 34.9 Å². The Balaban J connectivity index is 1.52. The van der Waals surface area contributed by atoms with Crippen molar-refractivity contribution in [1.29, 1.82) is 0 Å². The summed E-state index contributed by atoms with van der Waals surface area (Å²) in [6, 6.07) is 6.06. The maximum atomic E-state index is 13.7. The molecule has 1 saturated heterocycles. The summed E-state index contributed by atoms with van der Waals surface area (Å²) in [7, 11) is 0. The van der Waals surface area contributed by atoms with Gasteiger partial charge in [-0.25, -0.2) is 4.98 Å². The zero-order valence-electron chi connectivity index (χ0n) is 25.3. The summed E-state index contributed by atoms with van der Waals surface area (Å²) in [5.41, 5.74) is 4.07. The van der Waals surface area contributed by atoms with E-state index in [1.165, 1.54) is 4.90 Å². The Labute approximate surface area is 257 Å². The molecule has 1 aromatic heterocycles. The summed E-state index contributed by atoms with van der Waals surface area (Å²) in [5.74, 6) is 1.10. The zero-order chi connectivity index (χ0) is 31.4. The van der Waals surface area contributed by atoms with Crippen LogP contribution in [0.15, 0.2) is 29.8 Å².